The molecule has 1 heterocycles. The minimum absolute atomic E-state index is 0. The lowest BCUT2D eigenvalue weighted by Gasteiger charge is -2.27. The van der Waals surface area contributed by atoms with E-state index in [0.29, 0.717) is 25.4 Å². The van der Waals surface area contributed by atoms with Crippen molar-refractivity contribution < 1.29 is 9.59 Å². The fraction of sp³-hybridized carbons (Fsp3) is 0.846. The van der Waals surface area contributed by atoms with Gasteiger partial charge in [-0.1, -0.05) is 13.8 Å². The Labute approximate surface area is 121 Å². The Bertz CT molecular complexity index is 298. The minimum Gasteiger partial charge on any atom is -0.351 e. The molecule has 5 nitrogen and oxygen atoms in total. The van der Waals surface area contributed by atoms with Crippen LogP contribution in [0.15, 0.2) is 0 Å². The largest absolute Gasteiger partial charge is 0.351 e. The highest BCUT2D eigenvalue weighted by Crippen LogP contribution is 2.10. The smallest absolute Gasteiger partial charge is 0.239 e. The summed E-state index contributed by atoms with van der Waals surface area (Å²) in [6.07, 6.45) is 3.37. The highest BCUT2D eigenvalue weighted by atomic mass is 35.5. The van der Waals surface area contributed by atoms with Crippen molar-refractivity contribution in [2.45, 2.75) is 45.6 Å². The molecule has 19 heavy (non-hydrogen) atoms. The van der Waals surface area contributed by atoms with E-state index in [0.717, 1.165) is 19.3 Å². The lowest BCUT2D eigenvalue weighted by atomic mass is 10.0. The Morgan fingerprint density at radius 3 is 2.63 bits per heavy atom. The van der Waals surface area contributed by atoms with Crippen LogP contribution in [0.25, 0.3) is 0 Å². The number of amides is 2. The number of carbonyl (C=O) groups excluding carboxylic acids is 2. The number of hydrogen-bond acceptors (Lipinski definition) is 3. The third-order valence-electron chi connectivity index (χ3n) is 3.16. The second kappa shape index (κ2) is 9.15. The molecule has 3 N–H and O–H groups in total. The maximum Gasteiger partial charge on any atom is 0.239 e. The van der Waals surface area contributed by atoms with Crippen LogP contribution in [-0.2, 0) is 9.59 Å². The topological polar surface area (TPSA) is 75.4 Å². The molecule has 6 heteroatoms. The summed E-state index contributed by atoms with van der Waals surface area (Å²) in [4.78, 5) is 25.1. The summed E-state index contributed by atoms with van der Waals surface area (Å²) in [6.45, 7) is 5.51. The van der Waals surface area contributed by atoms with Gasteiger partial charge in [0.2, 0.25) is 11.8 Å². The monoisotopic (exact) mass is 291 g/mol. The number of likely N-dealkylation sites (tertiary alicyclic amines) is 1. The SMILES string of the molecule is CC(C)CC(CN)NC(=O)CN1CCCCC1=O.Cl. The molecular weight excluding hydrogens is 266 g/mol. The summed E-state index contributed by atoms with van der Waals surface area (Å²) in [5.74, 6) is 0.487. The second-order valence-electron chi connectivity index (χ2n) is 5.40. The van der Waals surface area contributed by atoms with E-state index in [-0.39, 0.29) is 36.8 Å². The normalized spacial score (nSPS) is 17.1. The highest BCUT2D eigenvalue weighted by Gasteiger charge is 2.21. The maximum atomic E-state index is 11.8. The van der Waals surface area contributed by atoms with Gasteiger partial charge in [0.25, 0.3) is 0 Å². The zero-order valence-electron chi connectivity index (χ0n) is 11.9. The van der Waals surface area contributed by atoms with Crippen LogP contribution in [0.5, 0.6) is 0 Å². The molecule has 0 aromatic rings. The standard InChI is InChI=1S/C13H25N3O2.ClH/c1-10(2)7-11(8-14)15-12(17)9-16-6-4-3-5-13(16)18;/h10-11H,3-9,14H2,1-2H3,(H,15,17);1H. The van der Waals surface area contributed by atoms with Gasteiger partial charge in [-0.05, 0) is 25.2 Å². The molecule has 0 bridgehead atoms. The zero-order valence-corrected chi connectivity index (χ0v) is 12.7. The molecule has 0 radical (unpaired) electrons. The number of piperidine rings is 1. The van der Waals surface area contributed by atoms with Gasteiger partial charge in [-0.2, -0.15) is 0 Å². The summed E-state index contributed by atoms with van der Waals surface area (Å²) in [5.41, 5.74) is 5.63. The lowest BCUT2D eigenvalue weighted by Crippen LogP contribution is -2.48. The summed E-state index contributed by atoms with van der Waals surface area (Å²) < 4.78 is 0. The summed E-state index contributed by atoms with van der Waals surface area (Å²) in [5, 5.41) is 2.91. The van der Waals surface area contributed by atoms with Gasteiger partial charge >= 0.3 is 0 Å². The van der Waals surface area contributed by atoms with Crippen molar-refractivity contribution in [3.63, 3.8) is 0 Å². The van der Waals surface area contributed by atoms with E-state index >= 15 is 0 Å². The molecule has 1 saturated heterocycles. The van der Waals surface area contributed by atoms with Crippen molar-refractivity contribution >= 4 is 24.2 Å². The number of hydrogen-bond donors (Lipinski definition) is 2. The number of rotatable bonds is 6. The summed E-state index contributed by atoms with van der Waals surface area (Å²) in [6, 6.07) is 0.0115. The number of nitrogens with zero attached hydrogens (tertiary/aromatic N) is 1. The number of nitrogens with one attached hydrogen (secondary N) is 1. The number of carbonyl (C=O) groups is 2. The Balaban J connectivity index is 0.00000324. The zero-order chi connectivity index (χ0) is 13.5. The van der Waals surface area contributed by atoms with Crippen LogP contribution in [0.4, 0.5) is 0 Å². The average molecular weight is 292 g/mol. The molecule has 0 aromatic heterocycles. The van der Waals surface area contributed by atoms with Crippen LogP contribution >= 0.6 is 12.4 Å². The van der Waals surface area contributed by atoms with Gasteiger partial charge in [0, 0.05) is 25.6 Å². The molecule has 0 aliphatic carbocycles. The van der Waals surface area contributed by atoms with Crippen molar-refractivity contribution in [2.24, 2.45) is 11.7 Å². The van der Waals surface area contributed by atoms with Crippen molar-refractivity contribution in [1.29, 1.82) is 0 Å². The fourth-order valence-electron chi connectivity index (χ4n) is 2.26. The molecule has 1 aliphatic rings. The third kappa shape index (κ3) is 6.78. The predicted octanol–water partition coefficient (Wildman–Crippen LogP) is 0.910. The van der Waals surface area contributed by atoms with Gasteiger partial charge in [-0.25, -0.2) is 0 Å². The molecule has 2 amide bonds. The van der Waals surface area contributed by atoms with Crippen LogP contribution in [-0.4, -0.2) is 42.4 Å². The Morgan fingerprint density at radius 2 is 2.11 bits per heavy atom. The van der Waals surface area contributed by atoms with E-state index < -0.39 is 0 Å². The van der Waals surface area contributed by atoms with Crippen molar-refractivity contribution in [3.8, 4) is 0 Å². The van der Waals surface area contributed by atoms with Crippen molar-refractivity contribution in [2.75, 3.05) is 19.6 Å². The molecule has 1 unspecified atom stereocenters. The molecule has 0 aromatic carbocycles. The molecular formula is C13H26ClN3O2. The predicted molar refractivity (Wildman–Crippen MR) is 78.1 cm³/mol. The van der Waals surface area contributed by atoms with Crippen LogP contribution in [0.2, 0.25) is 0 Å². The first-order valence-electron chi connectivity index (χ1n) is 6.80. The van der Waals surface area contributed by atoms with Gasteiger partial charge in [-0.3, -0.25) is 9.59 Å². The average Bonchev–Trinajstić information content (AvgIpc) is 2.30. The first-order valence-corrected chi connectivity index (χ1v) is 6.80. The maximum absolute atomic E-state index is 11.8. The molecule has 0 saturated carbocycles. The van der Waals surface area contributed by atoms with E-state index in [9.17, 15) is 9.59 Å². The minimum atomic E-state index is -0.0960. The summed E-state index contributed by atoms with van der Waals surface area (Å²) >= 11 is 0. The molecule has 1 aliphatic heterocycles. The van der Waals surface area contributed by atoms with Crippen molar-refractivity contribution in [3.05, 3.63) is 0 Å². The van der Waals surface area contributed by atoms with E-state index in [1.807, 2.05) is 0 Å². The van der Waals surface area contributed by atoms with Gasteiger partial charge in [0.15, 0.2) is 0 Å². The fourth-order valence-corrected chi connectivity index (χ4v) is 2.26. The molecule has 1 atom stereocenters. The van der Waals surface area contributed by atoms with E-state index in [4.69, 9.17) is 5.73 Å². The molecule has 1 rings (SSSR count). The van der Waals surface area contributed by atoms with Crippen LogP contribution in [0.1, 0.15) is 39.5 Å². The molecule has 0 spiro atoms. The van der Waals surface area contributed by atoms with Crippen LogP contribution in [0.3, 0.4) is 0 Å². The van der Waals surface area contributed by atoms with Gasteiger partial charge in [0.05, 0.1) is 6.54 Å². The first kappa shape index (κ1) is 18.2. The number of nitrogens with two attached hydrogens (primary N) is 1. The second-order valence-corrected chi connectivity index (χ2v) is 5.40. The van der Waals surface area contributed by atoms with Gasteiger partial charge in [-0.15, -0.1) is 12.4 Å². The quantitative estimate of drug-likeness (QED) is 0.764. The Hall–Kier alpha value is -0.810. The lowest BCUT2D eigenvalue weighted by molar-refractivity contribution is -0.138. The molecule has 112 valence electrons. The van der Waals surface area contributed by atoms with Crippen LogP contribution in [0, 0.1) is 5.92 Å². The first-order chi connectivity index (χ1) is 8.52. The molecule has 1 fully saturated rings. The van der Waals surface area contributed by atoms with Gasteiger partial charge < -0.3 is 16.0 Å². The van der Waals surface area contributed by atoms with E-state index in [2.05, 4.69) is 19.2 Å². The van der Waals surface area contributed by atoms with Gasteiger partial charge in [0.1, 0.15) is 0 Å². The van der Waals surface area contributed by atoms with E-state index in [1.165, 1.54) is 0 Å². The van der Waals surface area contributed by atoms with Crippen LogP contribution < -0.4 is 11.1 Å². The highest BCUT2D eigenvalue weighted by molar-refractivity contribution is 5.85. The third-order valence-corrected chi connectivity index (χ3v) is 3.16. The van der Waals surface area contributed by atoms with Crippen molar-refractivity contribution in [1.82, 2.24) is 10.2 Å². The van der Waals surface area contributed by atoms with E-state index in [1.54, 1.807) is 4.90 Å². The Morgan fingerprint density at radius 1 is 1.42 bits per heavy atom. The summed E-state index contributed by atoms with van der Waals surface area (Å²) in [7, 11) is 0. The Kier molecular flexibility index (Phi) is 8.76. The number of halogens is 1.